The molecule has 0 fully saturated rings. The fourth-order valence-electron chi connectivity index (χ4n) is 2.14. The van der Waals surface area contributed by atoms with E-state index in [1.54, 1.807) is 13.2 Å². The zero-order valence-corrected chi connectivity index (χ0v) is 20.1. The van der Waals surface area contributed by atoms with E-state index in [1.807, 2.05) is 30.3 Å². The second-order valence-electron chi connectivity index (χ2n) is 6.47. The van der Waals surface area contributed by atoms with Gasteiger partial charge in [-0.15, -0.1) is 0 Å². The molecule has 34 heavy (non-hydrogen) atoms. The van der Waals surface area contributed by atoms with Crippen molar-refractivity contribution < 1.29 is 48.2 Å². The molecule has 0 spiro atoms. The fourth-order valence-corrected chi connectivity index (χ4v) is 2.14. The van der Waals surface area contributed by atoms with Crippen LogP contribution in [0.2, 0.25) is 0 Å². The van der Waals surface area contributed by atoms with E-state index in [2.05, 4.69) is 0 Å². The summed E-state index contributed by atoms with van der Waals surface area (Å²) >= 11 is 0. The van der Waals surface area contributed by atoms with Crippen molar-refractivity contribution in [1.29, 1.82) is 0 Å². The van der Waals surface area contributed by atoms with Crippen molar-refractivity contribution in [2.45, 2.75) is 0 Å². The van der Waals surface area contributed by atoms with Gasteiger partial charge in [0.15, 0.2) is 0 Å². The first-order chi connectivity index (χ1) is 16.7. The summed E-state index contributed by atoms with van der Waals surface area (Å²) in [4.78, 5) is 10.1. The second-order valence-corrected chi connectivity index (χ2v) is 6.47. The summed E-state index contributed by atoms with van der Waals surface area (Å²) in [5.41, 5.74) is 0.898. The van der Waals surface area contributed by atoms with Crippen molar-refractivity contribution in [3.8, 4) is 0 Å². The van der Waals surface area contributed by atoms with Crippen LogP contribution >= 0.6 is 0 Å². The van der Waals surface area contributed by atoms with Gasteiger partial charge >= 0.3 is 5.97 Å². The third kappa shape index (κ3) is 26.4. The van der Waals surface area contributed by atoms with Crippen molar-refractivity contribution in [3.05, 3.63) is 42.0 Å². The standard InChI is InChI=1S/C15H32O8.C9H8O2/c1-17-4-5-19-8-9-21-12-13-23-15-14-22-11-10-20-7-6-18-3-2-16;10-9(11)7-6-8-4-2-1-3-5-8/h16H,2-15H2,1H3;1-7H,(H,10,11). The molecule has 0 saturated heterocycles. The molecule has 0 aliphatic rings. The van der Waals surface area contributed by atoms with Crippen molar-refractivity contribution in [2.24, 2.45) is 0 Å². The fraction of sp³-hybridized carbons (Fsp3) is 0.625. The molecule has 1 aromatic carbocycles. The van der Waals surface area contributed by atoms with E-state index in [1.165, 1.54) is 0 Å². The Morgan fingerprint density at radius 2 is 1.06 bits per heavy atom. The number of benzene rings is 1. The molecule has 0 radical (unpaired) electrons. The molecule has 1 rings (SSSR count). The topological polar surface area (TPSA) is 122 Å². The molecule has 10 heteroatoms. The summed E-state index contributed by atoms with van der Waals surface area (Å²) in [6, 6.07) is 9.31. The Kier molecular flexibility index (Phi) is 25.8. The molecule has 10 nitrogen and oxygen atoms in total. The van der Waals surface area contributed by atoms with E-state index in [0.29, 0.717) is 85.9 Å². The molecule has 0 aliphatic heterocycles. The molecule has 1 aromatic rings. The van der Waals surface area contributed by atoms with Gasteiger partial charge in [0.2, 0.25) is 0 Å². The number of aliphatic carboxylic acids is 1. The molecule has 0 atom stereocenters. The normalized spacial score (nSPS) is 10.9. The molecular weight excluding hydrogens is 448 g/mol. The molecule has 196 valence electrons. The number of aliphatic hydroxyl groups excluding tert-OH is 1. The van der Waals surface area contributed by atoms with E-state index in [4.69, 9.17) is 43.4 Å². The van der Waals surface area contributed by atoms with Crippen LogP contribution in [0.3, 0.4) is 0 Å². The van der Waals surface area contributed by atoms with E-state index in [-0.39, 0.29) is 6.61 Å². The minimum atomic E-state index is -0.922. The number of carboxylic acids is 1. The van der Waals surface area contributed by atoms with E-state index in [0.717, 1.165) is 11.6 Å². The SMILES string of the molecule is COCCOCCOCCOCCOCCOCCOCCO.O=C(O)C=Cc1ccccc1. The highest BCUT2D eigenvalue weighted by atomic mass is 16.6. The van der Waals surface area contributed by atoms with Crippen LogP contribution in [0, 0.1) is 0 Å². The van der Waals surface area contributed by atoms with Crippen molar-refractivity contribution in [2.75, 3.05) is 99.6 Å². The predicted octanol–water partition coefficient (Wildman–Crippen LogP) is 1.51. The Balaban J connectivity index is 0.000000818. The van der Waals surface area contributed by atoms with Gasteiger partial charge < -0.3 is 43.4 Å². The second kappa shape index (κ2) is 27.4. The van der Waals surface area contributed by atoms with Gasteiger partial charge in [-0.2, -0.15) is 0 Å². The quantitative estimate of drug-likeness (QED) is 0.183. The lowest BCUT2D eigenvalue weighted by Gasteiger charge is -2.08. The maximum atomic E-state index is 10.1. The van der Waals surface area contributed by atoms with Crippen molar-refractivity contribution >= 4 is 12.0 Å². The number of ether oxygens (including phenoxy) is 7. The lowest BCUT2D eigenvalue weighted by molar-refractivity contribution is -0.131. The van der Waals surface area contributed by atoms with Crippen LogP contribution in [-0.4, -0.2) is 116 Å². The highest BCUT2D eigenvalue weighted by Gasteiger charge is 1.94. The average molecular weight is 489 g/mol. The number of hydrogen-bond acceptors (Lipinski definition) is 9. The van der Waals surface area contributed by atoms with E-state index < -0.39 is 5.97 Å². The van der Waals surface area contributed by atoms with Gasteiger partial charge in [-0.25, -0.2) is 4.79 Å². The first-order valence-electron chi connectivity index (χ1n) is 11.2. The molecule has 0 heterocycles. The monoisotopic (exact) mass is 488 g/mol. The zero-order chi connectivity index (χ0) is 25.0. The van der Waals surface area contributed by atoms with Gasteiger partial charge in [-0.1, -0.05) is 30.3 Å². The number of carbonyl (C=O) groups is 1. The molecule has 2 N–H and O–H groups in total. The average Bonchev–Trinajstić information content (AvgIpc) is 2.85. The Morgan fingerprint density at radius 3 is 1.41 bits per heavy atom. The lowest BCUT2D eigenvalue weighted by Crippen LogP contribution is -2.14. The Hall–Kier alpha value is -1.89. The number of rotatable bonds is 22. The number of aliphatic hydroxyl groups is 1. The number of carboxylic acid groups (broad SMARTS) is 1. The number of hydrogen-bond donors (Lipinski definition) is 2. The smallest absolute Gasteiger partial charge is 0.328 e. The number of methoxy groups -OCH3 is 1. The highest BCUT2D eigenvalue weighted by Crippen LogP contribution is 1.99. The molecule has 0 saturated carbocycles. The first kappa shape index (κ1) is 32.1. The van der Waals surface area contributed by atoms with Crippen LogP contribution in [-0.2, 0) is 38.0 Å². The molecule has 0 unspecified atom stereocenters. The van der Waals surface area contributed by atoms with Crippen LogP contribution in [0.1, 0.15) is 5.56 Å². The molecule has 0 amide bonds. The van der Waals surface area contributed by atoms with Crippen molar-refractivity contribution in [1.82, 2.24) is 0 Å². The minimum Gasteiger partial charge on any atom is -0.478 e. The summed E-state index contributed by atoms with van der Waals surface area (Å²) in [6.07, 6.45) is 2.68. The predicted molar refractivity (Wildman–Crippen MR) is 127 cm³/mol. The molecular formula is C24H40O10. The van der Waals surface area contributed by atoms with Gasteiger partial charge in [0.25, 0.3) is 0 Å². The molecule has 0 aliphatic carbocycles. The first-order valence-corrected chi connectivity index (χ1v) is 11.2. The van der Waals surface area contributed by atoms with Crippen LogP contribution in [0.4, 0.5) is 0 Å². The maximum absolute atomic E-state index is 10.1. The zero-order valence-electron chi connectivity index (χ0n) is 20.1. The van der Waals surface area contributed by atoms with Crippen LogP contribution in [0.25, 0.3) is 6.08 Å². The summed E-state index contributed by atoms with van der Waals surface area (Å²) in [5, 5.41) is 16.8. The highest BCUT2D eigenvalue weighted by molar-refractivity contribution is 5.85. The summed E-state index contributed by atoms with van der Waals surface area (Å²) in [5.74, 6) is -0.922. The largest absolute Gasteiger partial charge is 0.478 e. The molecule has 0 bridgehead atoms. The Labute approximate surface area is 202 Å². The third-order valence-corrected chi connectivity index (χ3v) is 3.75. The van der Waals surface area contributed by atoms with Gasteiger partial charge in [-0.3, -0.25) is 0 Å². The van der Waals surface area contributed by atoms with Crippen molar-refractivity contribution in [3.63, 3.8) is 0 Å². The van der Waals surface area contributed by atoms with Gasteiger partial charge in [0, 0.05) is 13.2 Å². The van der Waals surface area contributed by atoms with Crippen LogP contribution in [0.15, 0.2) is 36.4 Å². The van der Waals surface area contributed by atoms with Gasteiger partial charge in [0.05, 0.1) is 92.5 Å². The van der Waals surface area contributed by atoms with E-state index >= 15 is 0 Å². The third-order valence-electron chi connectivity index (χ3n) is 3.75. The maximum Gasteiger partial charge on any atom is 0.328 e. The van der Waals surface area contributed by atoms with Gasteiger partial charge in [-0.05, 0) is 11.6 Å². The summed E-state index contributed by atoms with van der Waals surface area (Å²) in [7, 11) is 1.64. The summed E-state index contributed by atoms with van der Waals surface area (Å²) in [6.45, 7) is 6.90. The van der Waals surface area contributed by atoms with Crippen LogP contribution < -0.4 is 0 Å². The van der Waals surface area contributed by atoms with E-state index in [9.17, 15) is 4.79 Å². The lowest BCUT2D eigenvalue weighted by atomic mass is 10.2. The van der Waals surface area contributed by atoms with Gasteiger partial charge in [0.1, 0.15) is 0 Å². The summed E-state index contributed by atoms with van der Waals surface area (Å²) < 4.78 is 36.5. The Bertz CT molecular complexity index is 548. The minimum absolute atomic E-state index is 0.0380. The molecule has 0 aromatic heterocycles. The van der Waals surface area contributed by atoms with Crippen LogP contribution in [0.5, 0.6) is 0 Å². The Morgan fingerprint density at radius 1 is 0.676 bits per heavy atom.